The highest BCUT2D eigenvalue weighted by molar-refractivity contribution is 6.10. The fourth-order valence-electron chi connectivity index (χ4n) is 2.00. The van der Waals surface area contributed by atoms with Crippen LogP contribution in [0.1, 0.15) is 15.9 Å². The largest absolute Gasteiger partial charge is 0.496 e. The van der Waals surface area contributed by atoms with Crippen molar-refractivity contribution in [2.45, 2.75) is 6.92 Å². The summed E-state index contributed by atoms with van der Waals surface area (Å²) in [5, 5.41) is 0. The van der Waals surface area contributed by atoms with Crippen LogP contribution in [0.4, 0.5) is 11.4 Å². The van der Waals surface area contributed by atoms with Crippen molar-refractivity contribution >= 4 is 17.3 Å². The molecule has 0 bridgehead atoms. The van der Waals surface area contributed by atoms with Crippen LogP contribution in [-0.2, 0) is 0 Å². The number of hydrogen-bond acceptors (Lipinski definition) is 3. The Kier molecular flexibility index (Phi) is 3.94. The average Bonchev–Trinajstić information content (AvgIpc) is 2.46. The Labute approximate surface area is 118 Å². The minimum atomic E-state index is -0.191. The summed E-state index contributed by atoms with van der Waals surface area (Å²) < 4.78 is 5.22. The fourth-order valence-corrected chi connectivity index (χ4v) is 2.00. The Bertz CT molecular complexity index is 621. The normalized spacial score (nSPS) is 10.2. The van der Waals surface area contributed by atoms with Crippen LogP contribution < -0.4 is 15.4 Å². The standard InChI is InChI=1S/C16H18N2O2/c1-11-7-9-12(10-8-11)18(2)16(19)15-13(17)5-4-6-14(15)20-3/h4-10H,17H2,1-3H3. The van der Waals surface area contributed by atoms with Crippen LogP contribution in [0.25, 0.3) is 0 Å². The lowest BCUT2D eigenvalue weighted by Crippen LogP contribution is -2.27. The summed E-state index contributed by atoms with van der Waals surface area (Å²) in [6.45, 7) is 2.00. The number of ether oxygens (including phenoxy) is 1. The van der Waals surface area contributed by atoms with Gasteiger partial charge in [-0.25, -0.2) is 0 Å². The molecule has 1 amide bonds. The molecule has 0 fully saturated rings. The zero-order valence-corrected chi connectivity index (χ0v) is 11.9. The number of anilines is 2. The third-order valence-electron chi connectivity index (χ3n) is 3.22. The van der Waals surface area contributed by atoms with Crippen LogP contribution in [0.3, 0.4) is 0 Å². The van der Waals surface area contributed by atoms with Gasteiger partial charge in [-0.1, -0.05) is 23.8 Å². The number of nitrogens with two attached hydrogens (primary N) is 1. The van der Waals surface area contributed by atoms with Gasteiger partial charge in [-0.15, -0.1) is 0 Å². The van der Waals surface area contributed by atoms with Crippen LogP contribution in [0.15, 0.2) is 42.5 Å². The van der Waals surface area contributed by atoms with Crippen molar-refractivity contribution in [3.63, 3.8) is 0 Å². The predicted octanol–water partition coefficient (Wildman–Crippen LogP) is 2.86. The number of carbonyl (C=O) groups is 1. The van der Waals surface area contributed by atoms with E-state index < -0.39 is 0 Å². The first-order valence-corrected chi connectivity index (χ1v) is 6.31. The summed E-state index contributed by atoms with van der Waals surface area (Å²) in [5.74, 6) is 0.290. The topological polar surface area (TPSA) is 55.6 Å². The van der Waals surface area contributed by atoms with Gasteiger partial charge in [0.25, 0.3) is 5.91 Å². The van der Waals surface area contributed by atoms with E-state index in [9.17, 15) is 4.79 Å². The Morgan fingerprint density at radius 3 is 2.40 bits per heavy atom. The molecule has 2 rings (SSSR count). The van der Waals surface area contributed by atoms with Gasteiger partial charge in [0.05, 0.1) is 7.11 Å². The first-order valence-electron chi connectivity index (χ1n) is 6.31. The molecular weight excluding hydrogens is 252 g/mol. The molecule has 104 valence electrons. The van der Waals surface area contributed by atoms with E-state index in [2.05, 4.69) is 0 Å². The second kappa shape index (κ2) is 5.65. The lowest BCUT2D eigenvalue weighted by atomic mass is 10.1. The van der Waals surface area contributed by atoms with Crippen molar-refractivity contribution in [2.24, 2.45) is 0 Å². The zero-order valence-electron chi connectivity index (χ0n) is 11.9. The summed E-state index contributed by atoms with van der Waals surface area (Å²) in [4.78, 5) is 14.2. The number of nitrogens with zero attached hydrogens (tertiary/aromatic N) is 1. The fraction of sp³-hybridized carbons (Fsp3) is 0.188. The first kappa shape index (κ1) is 13.9. The Morgan fingerprint density at radius 1 is 1.15 bits per heavy atom. The smallest absolute Gasteiger partial charge is 0.263 e. The van der Waals surface area contributed by atoms with Crippen molar-refractivity contribution in [2.75, 3.05) is 24.8 Å². The van der Waals surface area contributed by atoms with Gasteiger partial charge < -0.3 is 15.4 Å². The molecule has 0 saturated carbocycles. The van der Waals surface area contributed by atoms with Crippen LogP contribution >= 0.6 is 0 Å². The van der Waals surface area contributed by atoms with Crippen LogP contribution in [0.2, 0.25) is 0 Å². The van der Waals surface area contributed by atoms with Gasteiger partial charge in [-0.3, -0.25) is 4.79 Å². The number of nitrogen functional groups attached to an aromatic ring is 1. The number of carbonyl (C=O) groups excluding carboxylic acids is 1. The predicted molar refractivity (Wildman–Crippen MR) is 81.3 cm³/mol. The molecule has 4 heteroatoms. The maximum atomic E-state index is 12.6. The third kappa shape index (κ3) is 2.59. The molecule has 0 aromatic heterocycles. The molecule has 4 nitrogen and oxygen atoms in total. The van der Waals surface area contributed by atoms with E-state index in [1.807, 2.05) is 31.2 Å². The van der Waals surface area contributed by atoms with Crippen LogP contribution in [0.5, 0.6) is 5.75 Å². The highest BCUT2D eigenvalue weighted by Crippen LogP contribution is 2.27. The lowest BCUT2D eigenvalue weighted by molar-refractivity contribution is 0.0991. The number of aryl methyl sites for hydroxylation is 1. The molecule has 2 aromatic rings. The number of rotatable bonds is 3. The van der Waals surface area contributed by atoms with E-state index in [0.717, 1.165) is 11.3 Å². The molecule has 0 spiro atoms. The molecule has 0 aliphatic rings. The lowest BCUT2D eigenvalue weighted by Gasteiger charge is -2.20. The molecule has 0 saturated heterocycles. The van der Waals surface area contributed by atoms with Crippen molar-refractivity contribution in [1.29, 1.82) is 0 Å². The van der Waals surface area contributed by atoms with Crippen molar-refractivity contribution in [3.8, 4) is 5.75 Å². The van der Waals surface area contributed by atoms with Gasteiger partial charge >= 0.3 is 0 Å². The minimum Gasteiger partial charge on any atom is -0.496 e. The Morgan fingerprint density at radius 2 is 1.80 bits per heavy atom. The molecule has 0 heterocycles. The highest BCUT2D eigenvalue weighted by Gasteiger charge is 2.20. The molecule has 0 aliphatic heterocycles. The van der Waals surface area contributed by atoms with E-state index >= 15 is 0 Å². The zero-order chi connectivity index (χ0) is 14.7. The van der Waals surface area contributed by atoms with Gasteiger partial charge in [0.1, 0.15) is 11.3 Å². The molecule has 0 unspecified atom stereocenters. The summed E-state index contributed by atoms with van der Waals surface area (Å²) in [6, 6.07) is 12.9. The molecule has 0 atom stereocenters. The SMILES string of the molecule is COc1cccc(N)c1C(=O)N(C)c1ccc(C)cc1. The van der Waals surface area contributed by atoms with E-state index in [4.69, 9.17) is 10.5 Å². The van der Waals surface area contributed by atoms with Crippen molar-refractivity contribution in [3.05, 3.63) is 53.6 Å². The van der Waals surface area contributed by atoms with Crippen molar-refractivity contribution < 1.29 is 9.53 Å². The first-order chi connectivity index (χ1) is 9.54. The van der Waals surface area contributed by atoms with E-state index in [0.29, 0.717) is 17.0 Å². The summed E-state index contributed by atoms with van der Waals surface area (Å²) in [7, 11) is 3.25. The minimum absolute atomic E-state index is 0.191. The second-order valence-electron chi connectivity index (χ2n) is 4.62. The highest BCUT2D eigenvalue weighted by atomic mass is 16.5. The van der Waals surface area contributed by atoms with E-state index in [1.165, 1.54) is 7.11 Å². The van der Waals surface area contributed by atoms with Gasteiger partial charge in [0.2, 0.25) is 0 Å². The third-order valence-corrected chi connectivity index (χ3v) is 3.22. The maximum Gasteiger partial charge on any atom is 0.263 e. The maximum absolute atomic E-state index is 12.6. The number of amides is 1. The number of hydrogen-bond donors (Lipinski definition) is 1. The van der Waals surface area contributed by atoms with Gasteiger partial charge in [0.15, 0.2) is 0 Å². The van der Waals surface area contributed by atoms with E-state index in [-0.39, 0.29) is 5.91 Å². The Hall–Kier alpha value is -2.49. The molecule has 2 aromatic carbocycles. The summed E-state index contributed by atoms with van der Waals surface area (Å²) in [6.07, 6.45) is 0. The molecule has 2 N–H and O–H groups in total. The Balaban J connectivity index is 2.38. The van der Waals surface area contributed by atoms with Gasteiger partial charge in [0, 0.05) is 18.4 Å². The number of benzene rings is 2. The van der Waals surface area contributed by atoms with Crippen LogP contribution in [-0.4, -0.2) is 20.1 Å². The van der Waals surface area contributed by atoms with Crippen LogP contribution in [0, 0.1) is 6.92 Å². The summed E-state index contributed by atoms with van der Waals surface area (Å²) in [5.41, 5.74) is 8.66. The van der Waals surface area contributed by atoms with Gasteiger partial charge in [-0.05, 0) is 31.2 Å². The quantitative estimate of drug-likeness (QED) is 0.872. The monoisotopic (exact) mass is 270 g/mol. The number of methoxy groups -OCH3 is 1. The molecule has 0 radical (unpaired) electrons. The average molecular weight is 270 g/mol. The molecule has 0 aliphatic carbocycles. The van der Waals surface area contributed by atoms with E-state index in [1.54, 1.807) is 30.1 Å². The summed E-state index contributed by atoms with van der Waals surface area (Å²) >= 11 is 0. The van der Waals surface area contributed by atoms with Gasteiger partial charge in [-0.2, -0.15) is 0 Å². The van der Waals surface area contributed by atoms with Crippen molar-refractivity contribution in [1.82, 2.24) is 0 Å². The second-order valence-corrected chi connectivity index (χ2v) is 4.62. The molecular formula is C16H18N2O2. The molecule has 20 heavy (non-hydrogen) atoms.